The number of benzene rings is 2. The third kappa shape index (κ3) is 4.34. The van der Waals surface area contributed by atoms with Crippen LogP contribution < -0.4 is 20.1 Å². The molecule has 1 aliphatic rings. The third-order valence-corrected chi connectivity index (χ3v) is 4.45. The fourth-order valence-corrected chi connectivity index (χ4v) is 2.94. The molecule has 0 saturated heterocycles. The molecule has 6 nitrogen and oxygen atoms in total. The normalized spacial score (nSPS) is 12.2. The summed E-state index contributed by atoms with van der Waals surface area (Å²) in [6, 6.07) is 17.8. The van der Waals surface area contributed by atoms with Crippen LogP contribution in [0.25, 0.3) is 11.3 Å². The first-order valence-electron chi connectivity index (χ1n) is 9.52. The Balaban J connectivity index is 1.61. The molecule has 3 aromatic rings. The molecule has 2 heterocycles. The summed E-state index contributed by atoms with van der Waals surface area (Å²) in [5, 5.41) is 6.70. The van der Waals surface area contributed by atoms with E-state index >= 15 is 0 Å². The second-order valence-corrected chi connectivity index (χ2v) is 7.13. The Labute approximate surface area is 164 Å². The van der Waals surface area contributed by atoms with E-state index in [-0.39, 0.29) is 6.79 Å². The van der Waals surface area contributed by atoms with Gasteiger partial charge in [0.1, 0.15) is 5.82 Å². The Morgan fingerprint density at radius 3 is 2.61 bits per heavy atom. The van der Waals surface area contributed by atoms with Crippen LogP contribution in [-0.2, 0) is 0 Å². The van der Waals surface area contributed by atoms with Crippen LogP contribution in [0.15, 0.2) is 54.6 Å². The van der Waals surface area contributed by atoms with Crippen molar-refractivity contribution in [2.75, 3.05) is 24.0 Å². The van der Waals surface area contributed by atoms with Gasteiger partial charge in [-0.15, -0.1) is 0 Å². The van der Waals surface area contributed by atoms with E-state index in [1.165, 1.54) is 0 Å². The van der Waals surface area contributed by atoms with Crippen LogP contribution in [-0.4, -0.2) is 23.3 Å². The zero-order chi connectivity index (χ0) is 19.3. The SMILES string of the molecule is CC(C)CCNc1cc(-c2ccccc2)nc(Nc2ccc3c(c2)OCO3)n1. The fraction of sp³-hybridized carbons (Fsp3) is 0.273. The molecule has 6 heteroatoms. The molecule has 0 spiro atoms. The van der Waals surface area contributed by atoms with Crippen molar-refractivity contribution >= 4 is 17.5 Å². The van der Waals surface area contributed by atoms with Crippen LogP contribution in [0.5, 0.6) is 11.5 Å². The lowest BCUT2D eigenvalue weighted by molar-refractivity contribution is 0.174. The lowest BCUT2D eigenvalue weighted by Crippen LogP contribution is -2.08. The zero-order valence-electron chi connectivity index (χ0n) is 16.1. The molecule has 0 saturated carbocycles. The molecule has 0 radical (unpaired) electrons. The summed E-state index contributed by atoms with van der Waals surface area (Å²) >= 11 is 0. The predicted molar refractivity (Wildman–Crippen MR) is 111 cm³/mol. The van der Waals surface area contributed by atoms with Crippen LogP contribution in [0.3, 0.4) is 0 Å². The van der Waals surface area contributed by atoms with Crippen molar-refractivity contribution < 1.29 is 9.47 Å². The summed E-state index contributed by atoms with van der Waals surface area (Å²) in [5.41, 5.74) is 2.76. The smallest absolute Gasteiger partial charge is 0.231 e. The summed E-state index contributed by atoms with van der Waals surface area (Å²) in [4.78, 5) is 9.34. The minimum atomic E-state index is 0.253. The Morgan fingerprint density at radius 1 is 0.964 bits per heavy atom. The number of rotatable bonds is 7. The number of aromatic nitrogens is 2. The van der Waals surface area contributed by atoms with E-state index in [1.54, 1.807) is 0 Å². The molecule has 0 fully saturated rings. The van der Waals surface area contributed by atoms with Crippen LogP contribution >= 0.6 is 0 Å². The van der Waals surface area contributed by atoms with Gasteiger partial charge in [0.05, 0.1) is 5.69 Å². The van der Waals surface area contributed by atoms with Crippen molar-refractivity contribution in [3.8, 4) is 22.8 Å². The first kappa shape index (κ1) is 18.1. The topological polar surface area (TPSA) is 68.3 Å². The Hall–Kier alpha value is -3.28. The van der Waals surface area contributed by atoms with Gasteiger partial charge in [0.15, 0.2) is 11.5 Å². The van der Waals surface area contributed by atoms with Gasteiger partial charge in [0.25, 0.3) is 0 Å². The second-order valence-electron chi connectivity index (χ2n) is 7.13. The highest BCUT2D eigenvalue weighted by Gasteiger charge is 2.14. The minimum Gasteiger partial charge on any atom is -0.454 e. The monoisotopic (exact) mass is 376 g/mol. The summed E-state index contributed by atoms with van der Waals surface area (Å²) < 4.78 is 10.8. The quantitative estimate of drug-likeness (QED) is 0.600. The van der Waals surface area contributed by atoms with Gasteiger partial charge < -0.3 is 20.1 Å². The fourth-order valence-electron chi connectivity index (χ4n) is 2.94. The molecule has 1 aliphatic heterocycles. The number of nitrogens with zero attached hydrogens (tertiary/aromatic N) is 2. The minimum absolute atomic E-state index is 0.253. The van der Waals surface area contributed by atoms with E-state index in [0.717, 1.165) is 47.2 Å². The van der Waals surface area contributed by atoms with Crippen LogP contribution in [0, 0.1) is 5.92 Å². The van der Waals surface area contributed by atoms with Crippen molar-refractivity contribution in [2.24, 2.45) is 5.92 Å². The highest BCUT2D eigenvalue weighted by atomic mass is 16.7. The van der Waals surface area contributed by atoms with E-state index < -0.39 is 0 Å². The van der Waals surface area contributed by atoms with E-state index in [4.69, 9.17) is 14.5 Å². The number of nitrogens with one attached hydrogen (secondary N) is 2. The molecule has 0 unspecified atom stereocenters. The third-order valence-electron chi connectivity index (χ3n) is 4.45. The Morgan fingerprint density at radius 2 is 1.79 bits per heavy atom. The summed E-state index contributed by atoms with van der Waals surface area (Å²) in [7, 11) is 0. The Kier molecular flexibility index (Phi) is 5.28. The summed E-state index contributed by atoms with van der Waals surface area (Å²) in [6.45, 7) is 5.54. The molecular formula is C22H24N4O2. The Bertz CT molecular complexity index is 945. The second kappa shape index (κ2) is 8.17. The largest absolute Gasteiger partial charge is 0.454 e. The maximum atomic E-state index is 5.45. The molecule has 28 heavy (non-hydrogen) atoms. The molecule has 2 N–H and O–H groups in total. The van der Waals surface area contributed by atoms with Gasteiger partial charge in [-0.2, -0.15) is 4.98 Å². The van der Waals surface area contributed by atoms with E-state index in [9.17, 15) is 0 Å². The number of ether oxygens (including phenoxy) is 2. The maximum Gasteiger partial charge on any atom is 0.231 e. The number of hydrogen-bond acceptors (Lipinski definition) is 6. The van der Waals surface area contributed by atoms with E-state index in [1.807, 2.05) is 54.6 Å². The average Bonchev–Trinajstić information content (AvgIpc) is 3.16. The molecule has 0 atom stereocenters. The van der Waals surface area contributed by atoms with Crippen LogP contribution in [0.4, 0.5) is 17.5 Å². The molecule has 4 rings (SSSR count). The maximum absolute atomic E-state index is 5.45. The van der Waals surface area contributed by atoms with Gasteiger partial charge >= 0.3 is 0 Å². The molecule has 0 bridgehead atoms. The van der Waals surface area contributed by atoms with Crippen molar-refractivity contribution in [3.63, 3.8) is 0 Å². The first-order chi connectivity index (χ1) is 13.7. The highest BCUT2D eigenvalue weighted by Crippen LogP contribution is 2.35. The standard InChI is InChI=1S/C22H24N4O2/c1-15(2)10-11-23-21-13-18(16-6-4-3-5-7-16)25-22(26-21)24-17-8-9-19-20(12-17)28-14-27-19/h3-9,12-13,15H,10-11,14H2,1-2H3,(H2,23,24,25,26). The highest BCUT2D eigenvalue weighted by molar-refractivity contribution is 5.67. The summed E-state index contributed by atoms with van der Waals surface area (Å²) in [6.07, 6.45) is 1.08. The van der Waals surface area contributed by atoms with Crippen molar-refractivity contribution in [1.29, 1.82) is 0 Å². The predicted octanol–water partition coefficient (Wildman–Crippen LogP) is 5.07. The lowest BCUT2D eigenvalue weighted by atomic mass is 10.1. The van der Waals surface area contributed by atoms with Gasteiger partial charge in [0, 0.05) is 29.9 Å². The lowest BCUT2D eigenvalue weighted by Gasteiger charge is -2.12. The van der Waals surface area contributed by atoms with Crippen LogP contribution in [0.2, 0.25) is 0 Å². The van der Waals surface area contributed by atoms with E-state index in [2.05, 4.69) is 29.5 Å². The van der Waals surface area contributed by atoms with Crippen molar-refractivity contribution in [3.05, 3.63) is 54.6 Å². The van der Waals surface area contributed by atoms with Gasteiger partial charge in [-0.1, -0.05) is 44.2 Å². The van der Waals surface area contributed by atoms with Gasteiger partial charge in [-0.05, 0) is 24.5 Å². The molecule has 144 valence electrons. The van der Waals surface area contributed by atoms with E-state index in [0.29, 0.717) is 11.9 Å². The average molecular weight is 376 g/mol. The van der Waals surface area contributed by atoms with Gasteiger partial charge in [-0.3, -0.25) is 0 Å². The molecule has 0 aliphatic carbocycles. The molecule has 0 amide bonds. The number of fused-ring (bicyclic) bond motifs is 1. The van der Waals surface area contributed by atoms with Gasteiger partial charge in [-0.25, -0.2) is 4.98 Å². The summed E-state index contributed by atoms with van der Waals surface area (Å²) in [5.74, 6) is 3.44. The van der Waals surface area contributed by atoms with Crippen molar-refractivity contribution in [1.82, 2.24) is 9.97 Å². The molecule has 1 aromatic heterocycles. The number of hydrogen-bond donors (Lipinski definition) is 2. The zero-order valence-corrected chi connectivity index (χ0v) is 16.1. The van der Waals surface area contributed by atoms with Gasteiger partial charge in [0.2, 0.25) is 12.7 Å². The first-order valence-corrected chi connectivity index (χ1v) is 9.52. The van der Waals surface area contributed by atoms with Crippen molar-refractivity contribution in [2.45, 2.75) is 20.3 Å². The van der Waals surface area contributed by atoms with Crippen LogP contribution in [0.1, 0.15) is 20.3 Å². The molecular weight excluding hydrogens is 352 g/mol. The molecule has 2 aromatic carbocycles. The number of anilines is 3.